The van der Waals surface area contributed by atoms with Gasteiger partial charge in [0.05, 0.1) is 88.5 Å². The van der Waals surface area contributed by atoms with Gasteiger partial charge in [0.1, 0.15) is 85.1 Å². The summed E-state index contributed by atoms with van der Waals surface area (Å²) in [6.07, 6.45) is -3.55. The van der Waals surface area contributed by atoms with Crippen LogP contribution in [0.1, 0.15) is 148 Å². The molecule has 0 aromatic rings. The summed E-state index contributed by atoms with van der Waals surface area (Å²) in [4.78, 5) is 316. The van der Waals surface area contributed by atoms with Gasteiger partial charge in [0.15, 0.2) is 0 Å². The molecular weight excluding hydrogens is 1830 g/mol. The highest BCUT2D eigenvalue weighted by molar-refractivity contribution is 6.02. The molecule has 0 radical (unpaired) electrons. The van der Waals surface area contributed by atoms with Crippen LogP contribution < -0.4 is 53.2 Å². The van der Waals surface area contributed by atoms with Crippen LogP contribution in [-0.4, -0.2) is 495 Å². The van der Waals surface area contributed by atoms with E-state index in [9.17, 15) is 141 Å². The SMILES string of the molecule is O=C(O)CNCCCC[C@H](NC(=O)[C@@H]1CCCN1C(=O)CNC(=O)[C@@H]1C[C@@H](O)CN1C(=O)[C@@H]1CCCN1C(=O)CNC(=O)[C@@H]1C[C@@H](O)CN1C(=O)[C@@H]1CCCN1C(=O)CNC(=O)[C@@H]1C[C@@H](O)CN1C(=O)[C@@H]1CCCN1)C(=O)NCC(=O)N1CCC[C@H]1C(=O)N1C[C@H](O)C[C@H]1C(=O)NCC(=O)N1CCC[C@H]1C(=O)N1C[C@H](O)C[C@H]1C(=O)NCC(=O)N1CCC[C@H]1C(=O)N1C[C@H](O)C[C@H]1C(=O)NCC(=O)O. The number of likely N-dealkylation sites (tertiary alicyclic amines) is 12. The lowest BCUT2D eigenvalue weighted by atomic mass is 10.1. The molecule has 766 valence electrons. The van der Waals surface area contributed by atoms with Crippen molar-refractivity contribution >= 4 is 130 Å². The number of aliphatic carboxylic acids is 2. The average molecular weight is 1960 g/mol. The first kappa shape index (κ1) is 104. The Morgan fingerprint density at radius 3 is 0.784 bits per heavy atom. The van der Waals surface area contributed by atoms with Crippen LogP contribution in [-0.2, 0) is 105 Å². The Morgan fingerprint density at radius 1 is 0.266 bits per heavy atom. The van der Waals surface area contributed by atoms with Gasteiger partial charge in [-0.3, -0.25) is 105 Å². The van der Waals surface area contributed by atoms with Gasteiger partial charge in [-0.1, -0.05) is 0 Å². The molecule has 13 rings (SSSR count). The second-order valence-corrected chi connectivity index (χ2v) is 38.0. The molecule has 0 aromatic carbocycles. The zero-order valence-electron chi connectivity index (χ0n) is 77.3. The molecule has 13 heterocycles. The number of carboxylic acid groups (broad SMARTS) is 2. The maximum Gasteiger partial charge on any atom is 0.322 e. The predicted octanol–water partition coefficient (Wildman–Crippen LogP) is -13.3. The third-order valence-electron chi connectivity index (χ3n) is 28.6. The van der Waals surface area contributed by atoms with E-state index in [1.807, 2.05) is 0 Å². The minimum Gasteiger partial charge on any atom is -0.480 e. The Bertz CT molecular complexity index is 4700. The van der Waals surface area contributed by atoms with Gasteiger partial charge in [-0.05, 0) is 122 Å². The van der Waals surface area contributed by atoms with Crippen LogP contribution >= 0.6 is 0 Å². The second-order valence-electron chi connectivity index (χ2n) is 38.0. The quantitative estimate of drug-likeness (QED) is 0.0259. The lowest BCUT2D eigenvalue weighted by Crippen LogP contribution is -2.57. The molecule has 18 N–H and O–H groups in total. The van der Waals surface area contributed by atoms with Crippen molar-refractivity contribution < 1.29 is 146 Å². The highest BCUT2D eigenvalue weighted by atomic mass is 16.4. The van der Waals surface area contributed by atoms with Gasteiger partial charge in [-0.2, -0.15) is 0 Å². The summed E-state index contributed by atoms with van der Waals surface area (Å²) < 4.78 is 0. The molecule has 0 aromatic heterocycles. The Hall–Kier alpha value is -12.0. The summed E-state index contributed by atoms with van der Waals surface area (Å²) in [5.41, 5.74) is 0. The lowest BCUT2D eigenvalue weighted by molar-refractivity contribution is -0.148. The number of hydrogen-bond acceptors (Lipinski definition) is 30. The van der Waals surface area contributed by atoms with Crippen molar-refractivity contribution in [3.63, 3.8) is 0 Å². The number of nitrogens with one attached hydrogen (secondary N) is 10. The van der Waals surface area contributed by atoms with Crippen molar-refractivity contribution in [2.75, 3.05) is 144 Å². The average Bonchev–Trinajstić information content (AvgIpc) is 1.65. The number of nitrogens with zero attached hydrogens (tertiary/aromatic N) is 12. The van der Waals surface area contributed by atoms with Gasteiger partial charge >= 0.3 is 11.9 Å². The van der Waals surface area contributed by atoms with E-state index in [1.165, 1.54) is 34.3 Å². The molecule has 13 fully saturated rings. The van der Waals surface area contributed by atoms with Crippen molar-refractivity contribution in [2.45, 2.75) is 269 Å². The van der Waals surface area contributed by atoms with Crippen molar-refractivity contribution in [2.24, 2.45) is 0 Å². The Morgan fingerprint density at radius 2 is 0.518 bits per heavy atom. The summed E-state index contributed by atoms with van der Waals surface area (Å²) in [5.74, 6) is -17.0. The summed E-state index contributed by atoms with van der Waals surface area (Å²) in [6, 6.07) is -16.3. The standard InChI is InChI=1S/C87H128N22O30/c110-46-26-60(104(40-46)82(134)53-11-3-19-89-53)75(127)92-34-68(118)100-22-6-14-56(100)85(137)107-43-49(113)29-63(107)78(130)94-36-69(119)101-23-7-15-57(101)84(136)105-41-47(111)27-61(105)76(128)91-33-66(116)98-20-4-12-54(98)81(133)97-52(10-1-2-18-88-38-72(122)123)74(126)90-32-67(117)99-21-5-13-55(99)83(135)106-42-48(112)28-62(106)77(129)93-35-70(120)102-24-8-16-58(102)86(138)108-44-50(114)30-64(108)79(131)95-37-71(121)103-25-9-17-59(103)87(139)109-45-51(115)31-65(109)80(132)96-39-73(124)125/h46-65,88-89,110-115H,1-45H2,(H,90,126)(H,91,128)(H,92,127)(H,93,129)(H,94,130)(H,95,131)(H,96,132)(H,97,133)(H,122,123)(H,124,125)/t46-,47-,48-,49-,50-,51-,52+,53+,54+,55+,56+,57+,58+,59+,60+,61+,62+,63+,64+,65+/m1/s1. The number of carboxylic acids is 2. The summed E-state index contributed by atoms with van der Waals surface area (Å²) >= 11 is 0. The first-order valence-corrected chi connectivity index (χ1v) is 48.2. The Labute approximate surface area is 798 Å². The van der Waals surface area contributed by atoms with Crippen molar-refractivity contribution in [1.82, 2.24) is 112 Å². The highest BCUT2D eigenvalue weighted by Crippen LogP contribution is 2.34. The van der Waals surface area contributed by atoms with Gasteiger partial charge in [-0.15, -0.1) is 0 Å². The molecule has 0 saturated carbocycles. The number of carbonyl (C=O) groups excluding carboxylic acids is 20. The predicted molar refractivity (Wildman–Crippen MR) is 471 cm³/mol. The van der Waals surface area contributed by atoms with Crippen LogP contribution in [0.15, 0.2) is 0 Å². The molecule has 0 aliphatic carbocycles. The topological polar surface area (TPSA) is 697 Å². The van der Waals surface area contributed by atoms with Crippen LogP contribution in [0.25, 0.3) is 0 Å². The molecule has 52 nitrogen and oxygen atoms in total. The summed E-state index contributed by atoms with van der Waals surface area (Å²) in [5, 5.41) is 108. The van der Waals surface area contributed by atoms with E-state index >= 15 is 0 Å². The number of carbonyl (C=O) groups is 22. The van der Waals surface area contributed by atoms with Gasteiger partial charge in [0.2, 0.25) is 118 Å². The number of unbranched alkanes of at least 4 members (excludes halogenated alkanes) is 1. The monoisotopic (exact) mass is 1960 g/mol. The fourth-order valence-corrected chi connectivity index (χ4v) is 21.7. The van der Waals surface area contributed by atoms with Gasteiger partial charge in [0, 0.05) is 117 Å². The number of rotatable bonds is 36. The zero-order chi connectivity index (χ0) is 100. The second kappa shape index (κ2) is 46.9. The van der Waals surface area contributed by atoms with Crippen molar-refractivity contribution in [3.05, 3.63) is 0 Å². The third-order valence-corrected chi connectivity index (χ3v) is 28.6. The molecule has 20 atom stereocenters. The number of hydrogen-bond donors (Lipinski definition) is 18. The summed E-state index contributed by atoms with van der Waals surface area (Å²) in [6.45, 7) is -5.52. The van der Waals surface area contributed by atoms with Crippen LogP contribution in [0.3, 0.4) is 0 Å². The molecule has 13 aliphatic heterocycles. The molecule has 0 unspecified atom stereocenters. The van der Waals surface area contributed by atoms with E-state index in [0.717, 1.165) is 30.9 Å². The maximum atomic E-state index is 14.6. The van der Waals surface area contributed by atoms with Crippen molar-refractivity contribution in [1.29, 1.82) is 0 Å². The van der Waals surface area contributed by atoms with E-state index in [1.54, 1.807) is 0 Å². The van der Waals surface area contributed by atoms with Gasteiger partial charge in [0.25, 0.3) is 0 Å². The van der Waals surface area contributed by atoms with E-state index in [-0.39, 0.29) is 194 Å². The molecular formula is C87H128N22O30. The minimum atomic E-state index is -1.37. The molecule has 20 amide bonds. The Kier molecular flexibility index (Phi) is 35.2. The van der Waals surface area contributed by atoms with E-state index in [2.05, 4.69) is 53.2 Å². The van der Waals surface area contributed by atoms with E-state index in [4.69, 9.17) is 5.11 Å². The maximum absolute atomic E-state index is 14.6. The number of β-amino-alcohol motifs (C(OH)–C–C–N with tert-alkyl or cyclic N) is 6. The van der Waals surface area contributed by atoms with Gasteiger partial charge in [-0.25, -0.2) is 0 Å². The molecule has 13 aliphatic rings. The lowest BCUT2D eigenvalue weighted by Gasteiger charge is -2.32. The Balaban J connectivity index is 0.551. The first-order valence-electron chi connectivity index (χ1n) is 48.2. The molecule has 0 spiro atoms. The van der Waals surface area contributed by atoms with Gasteiger partial charge < -0.3 is 153 Å². The highest BCUT2D eigenvalue weighted by Gasteiger charge is 2.53. The minimum absolute atomic E-state index is 0.0120. The number of aliphatic hydroxyl groups is 6. The largest absolute Gasteiger partial charge is 0.480 e. The van der Waals surface area contributed by atoms with Crippen LogP contribution in [0, 0.1) is 0 Å². The first-order chi connectivity index (χ1) is 66.3. The molecule has 52 heteroatoms. The van der Waals surface area contributed by atoms with Crippen LogP contribution in [0.2, 0.25) is 0 Å². The molecule has 0 bridgehead atoms. The van der Waals surface area contributed by atoms with E-state index in [0.29, 0.717) is 51.5 Å². The third kappa shape index (κ3) is 24.9. The van der Waals surface area contributed by atoms with Crippen molar-refractivity contribution in [3.8, 4) is 0 Å². The smallest absolute Gasteiger partial charge is 0.322 e. The fourth-order valence-electron chi connectivity index (χ4n) is 21.7. The zero-order valence-corrected chi connectivity index (χ0v) is 77.3. The van der Waals surface area contributed by atoms with Crippen LogP contribution in [0.4, 0.5) is 0 Å². The molecule has 139 heavy (non-hydrogen) atoms. The molecule has 13 saturated heterocycles. The van der Waals surface area contributed by atoms with Crippen LogP contribution in [0.5, 0.6) is 0 Å². The normalized spacial score (nSPS) is 29.0. The van der Waals surface area contributed by atoms with E-state index < -0.39 is 291 Å². The number of amides is 20. The number of aliphatic hydroxyl groups excluding tert-OH is 6. The summed E-state index contributed by atoms with van der Waals surface area (Å²) in [7, 11) is 0. The fraction of sp³-hybridized carbons (Fsp3) is 0.747.